The van der Waals surface area contributed by atoms with Gasteiger partial charge in [-0.1, -0.05) is 6.92 Å². The van der Waals surface area contributed by atoms with E-state index in [0.717, 1.165) is 5.76 Å². The van der Waals surface area contributed by atoms with Crippen molar-refractivity contribution < 1.29 is 9.21 Å². The van der Waals surface area contributed by atoms with Crippen molar-refractivity contribution in [3.63, 3.8) is 0 Å². The van der Waals surface area contributed by atoms with Crippen molar-refractivity contribution in [3.05, 3.63) is 22.6 Å². The Morgan fingerprint density at radius 1 is 1.67 bits per heavy atom. The maximum absolute atomic E-state index is 10.8. The Labute approximate surface area is 79.3 Å². The molecular formula is C8H10BrNO2. The molecule has 0 aliphatic heterocycles. The quantitative estimate of drug-likeness (QED) is 0.866. The average Bonchev–Trinajstić information content (AvgIpc) is 2.47. The van der Waals surface area contributed by atoms with E-state index in [4.69, 9.17) is 4.42 Å². The van der Waals surface area contributed by atoms with Gasteiger partial charge in [0.05, 0.1) is 6.54 Å². The van der Waals surface area contributed by atoms with Crippen LogP contribution in [0.1, 0.15) is 19.1 Å². The Balaban J connectivity index is 2.38. The summed E-state index contributed by atoms with van der Waals surface area (Å²) in [5.41, 5.74) is 0. The molecular weight excluding hydrogens is 222 g/mol. The van der Waals surface area contributed by atoms with Gasteiger partial charge in [-0.3, -0.25) is 4.79 Å². The van der Waals surface area contributed by atoms with Crippen molar-refractivity contribution in [1.82, 2.24) is 5.32 Å². The van der Waals surface area contributed by atoms with Gasteiger partial charge in [0, 0.05) is 6.42 Å². The minimum Gasteiger partial charge on any atom is -0.452 e. The standard InChI is InChI=1S/C8H10BrNO2/c1-2-8(11)10-5-6-3-4-7(9)12-6/h3-4H,2,5H2,1H3,(H,10,11). The molecule has 0 spiro atoms. The summed E-state index contributed by atoms with van der Waals surface area (Å²) in [6.07, 6.45) is 0.502. The van der Waals surface area contributed by atoms with Crippen molar-refractivity contribution in [2.75, 3.05) is 0 Å². The lowest BCUT2D eigenvalue weighted by Crippen LogP contribution is -2.20. The number of carbonyl (C=O) groups is 1. The second-order valence-electron chi connectivity index (χ2n) is 2.34. The van der Waals surface area contributed by atoms with E-state index in [1.165, 1.54) is 0 Å². The van der Waals surface area contributed by atoms with Gasteiger partial charge in [0.15, 0.2) is 4.67 Å². The summed E-state index contributed by atoms with van der Waals surface area (Å²) in [5, 5.41) is 2.71. The highest BCUT2D eigenvalue weighted by Crippen LogP contribution is 2.13. The summed E-state index contributed by atoms with van der Waals surface area (Å²) in [6, 6.07) is 3.62. The topological polar surface area (TPSA) is 42.2 Å². The van der Waals surface area contributed by atoms with E-state index in [2.05, 4.69) is 21.2 Å². The molecule has 1 aromatic heterocycles. The first-order valence-electron chi connectivity index (χ1n) is 3.73. The molecule has 0 aliphatic rings. The van der Waals surface area contributed by atoms with Crippen molar-refractivity contribution in [3.8, 4) is 0 Å². The van der Waals surface area contributed by atoms with E-state index in [1.807, 2.05) is 13.0 Å². The SMILES string of the molecule is CCC(=O)NCc1ccc(Br)o1. The van der Waals surface area contributed by atoms with Crippen LogP contribution in [0.15, 0.2) is 21.2 Å². The van der Waals surface area contributed by atoms with Crippen molar-refractivity contribution in [2.45, 2.75) is 19.9 Å². The highest BCUT2D eigenvalue weighted by Gasteiger charge is 2.00. The molecule has 1 rings (SSSR count). The lowest BCUT2D eigenvalue weighted by Gasteiger charge is -1.98. The molecule has 0 aromatic carbocycles. The Bertz CT molecular complexity index is 270. The minimum atomic E-state index is 0.0301. The molecule has 0 saturated heterocycles. The van der Waals surface area contributed by atoms with Gasteiger partial charge in [-0.2, -0.15) is 0 Å². The number of amides is 1. The third-order valence-corrected chi connectivity index (χ3v) is 1.84. The van der Waals surface area contributed by atoms with E-state index >= 15 is 0 Å². The van der Waals surface area contributed by atoms with Gasteiger partial charge in [0.25, 0.3) is 0 Å². The van der Waals surface area contributed by atoms with E-state index in [-0.39, 0.29) is 5.91 Å². The zero-order valence-electron chi connectivity index (χ0n) is 6.76. The summed E-state index contributed by atoms with van der Waals surface area (Å²) in [5.74, 6) is 0.784. The zero-order chi connectivity index (χ0) is 8.97. The van der Waals surface area contributed by atoms with Crippen LogP contribution in [0, 0.1) is 0 Å². The number of furan rings is 1. The molecule has 1 aromatic rings. The molecule has 1 heterocycles. The largest absolute Gasteiger partial charge is 0.452 e. The fraction of sp³-hybridized carbons (Fsp3) is 0.375. The number of carbonyl (C=O) groups excluding carboxylic acids is 1. The monoisotopic (exact) mass is 231 g/mol. The van der Waals surface area contributed by atoms with Crippen LogP contribution >= 0.6 is 15.9 Å². The molecule has 0 aliphatic carbocycles. The Hall–Kier alpha value is -0.770. The molecule has 3 nitrogen and oxygen atoms in total. The molecule has 0 atom stereocenters. The average molecular weight is 232 g/mol. The fourth-order valence-corrected chi connectivity index (χ4v) is 1.10. The summed E-state index contributed by atoms with van der Waals surface area (Å²) in [7, 11) is 0. The smallest absolute Gasteiger partial charge is 0.220 e. The lowest BCUT2D eigenvalue weighted by atomic mass is 10.4. The predicted molar refractivity (Wildman–Crippen MR) is 48.5 cm³/mol. The summed E-state index contributed by atoms with van der Waals surface area (Å²) in [4.78, 5) is 10.8. The number of hydrogen-bond donors (Lipinski definition) is 1. The molecule has 0 saturated carbocycles. The maximum atomic E-state index is 10.8. The Kier molecular flexibility index (Phi) is 3.34. The molecule has 1 amide bonds. The molecule has 0 fully saturated rings. The van der Waals surface area contributed by atoms with Crippen LogP contribution in [-0.2, 0) is 11.3 Å². The van der Waals surface area contributed by atoms with Crippen LogP contribution in [0.4, 0.5) is 0 Å². The predicted octanol–water partition coefficient (Wildman–Crippen LogP) is 2.07. The first kappa shape index (κ1) is 9.32. The van der Waals surface area contributed by atoms with Crippen molar-refractivity contribution >= 4 is 21.8 Å². The first-order chi connectivity index (χ1) is 5.72. The van der Waals surface area contributed by atoms with Gasteiger partial charge in [0.2, 0.25) is 5.91 Å². The molecule has 0 bridgehead atoms. The van der Waals surface area contributed by atoms with Gasteiger partial charge >= 0.3 is 0 Å². The molecule has 4 heteroatoms. The van der Waals surface area contributed by atoms with Gasteiger partial charge in [-0.15, -0.1) is 0 Å². The number of halogens is 1. The van der Waals surface area contributed by atoms with Crippen molar-refractivity contribution in [1.29, 1.82) is 0 Å². The van der Waals surface area contributed by atoms with Crippen LogP contribution in [-0.4, -0.2) is 5.91 Å². The zero-order valence-corrected chi connectivity index (χ0v) is 8.35. The van der Waals surface area contributed by atoms with Gasteiger partial charge in [0.1, 0.15) is 5.76 Å². The second kappa shape index (κ2) is 4.30. The van der Waals surface area contributed by atoms with Crippen LogP contribution in [0.2, 0.25) is 0 Å². The van der Waals surface area contributed by atoms with Crippen LogP contribution < -0.4 is 5.32 Å². The van der Waals surface area contributed by atoms with Crippen LogP contribution in [0.5, 0.6) is 0 Å². The third-order valence-electron chi connectivity index (χ3n) is 1.41. The second-order valence-corrected chi connectivity index (χ2v) is 3.12. The normalized spacial score (nSPS) is 9.83. The number of hydrogen-bond acceptors (Lipinski definition) is 2. The fourth-order valence-electron chi connectivity index (χ4n) is 0.757. The maximum Gasteiger partial charge on any atom is 0.220 e. The van der Waals surface area contributed by atoms with E-state index in [1.54, 1.807) is 6.07 Å². The first-order valence-corrected chi connectivity index (χ1v) is 4.52. The summed E-state index contributed by atoms with van der Waals surface area (Å²) in [6.45, 7) is 2.27. The van der Waals surface area contributed by atoms with Crippen LogP contribution in [0.3, 0.4) is 0 Å². The minimum absolute atomic E-state index is 0.0301. The molecule has 0 unspecified atom stereocenters. The van der Waals surface area contributed by atoms with Gasteiger partial charge in [-0.05, 0) is 28.1 Å². The van der Waals surface area contributed by atoms with E-state index in [0.29, 0.717) is 17.6 Å². The highest BCUT2D eigenvalue weighted by molar-refractivity contribution is 9.10. The lowest BCUT2D eigenvalue weighted by molar-refractivity contribution is -0.121. The molecule has 1 N–H and O–H groups in total. The van der Waals surface area contributed by atoms with Crippen LogP contribution in [0.25, 0.3) is 0 Å². The van der Waals surface area contributed by atoms with Gasteiger partial charge < -0.3 is 9.73 Å². The Morgan fingerprint density at radius 3 is 2.92 bits per heavy atom. The highest BCUT2D eigenvalue weighted by atomic mass is 79.9. The number of rotatable bonds is 3. The van der Waals surface area contributed by atoms with E-state index in [9.17, 15) is 4.79 Å². The Morgan fingerprint density at radius 2 is 2.42 bits per heavy atom. The van der Waals surface area contributed by atoms with E-state index < -0.39 is 0 Å². The molecule has 12 heavy (non-hydrogen) atoms. The molecule has 66 valence electrons. The third kappa shape index (κ3) is 2.70. The summed E-state index contributed by atoms with van der Waals surface area (Å²) < 4.78 is 5.86. The molecule has 0 radical (unpaired) electrons. The van der Waals surface area contributed by atoms with Gasteiger partial charge in [-0.25, -0.2) is 0 Å². The van der Waals surface area contributed by atoms with Crippen molar-refractivity contribution in [2.24, 2.45) is 0 Å². The summed E-state index contributed by atoms with van der Waals surface area (Å²) >= 11 is 3.18. The number of nitrogens with one attached hydrogen (secondary N) is 1.